The van der Waals surface area contributed by atoms with Gasteiger partial charge < -0.3 is 31.9 Å². The number of carbonyl (C=O) groups is 4. The number of benzene rings is 2. The van der Waals surface area contributed by atoms with Crippen molar-refractivity contribution < 1.29 is 19.2 Å². The average molecular weight is 704 g/mol. The highest BCUT2D eigenvalue weighted by molar-refractivity contribution is 5.94. The van der Waals surface area contributed by atoms with Crippen LogP contribution in [-0.4, -0.2) is 90.0 Å². The number of nitrogens with two attached hydrogens (primary N) is 2. The van der Waals surface area contributed by atoms with E-state index >= 15 is 0 Å². The minimum absolute atomic E-state index is 0.00602. The number of hydrogen-bond acceptors (Lipinski definition) is 7. The highest BCUT2D eigenvalue weighted by Gasteiger charge is 2.33. The normalized spacial score (nSPS) is 15.9. The fourth-order valence-electron chi connectivity index (χ4n) is 6.64. The molecule has 1 heterocycles. The molecule has 1 fully saturated rings. The summed E-state index contributed by atoms with van der Waals surface area (Å²) >= 11 is 0. The molecule has 1 aliphatic heterocycles. The van der Waals surface area contributed by atoms with Crippen LogP contribution in [0.5, 0.6) is 0 Å². The van der Waals surface area contributed by atoms with E-state index in [0.717, 1.165) is 24.1 Å². The van der Waals surface area contributed by atoms with Gasteiger partial charge in [-0.25, -0.2) is 0 Å². The molecule has 2 aromatic rings. The molecule has 0 bridgehead atoms. The SMILES string of the molecule is CC(C)C[C@@H](NC(=O)[C@H](CC(=O)[C@H](N)Cc1ccccc1)Cc1ccccc1)C(=O)C[C@H](CCCNC(C)C)C(=O)N1CCCN(C(=N)N)CC1. The van der Waals surface area contributed by atoms with Crippen LogP contribution in [0.15, 0.2) is 60.7 Å². The fourth-order valence-corrected chi connectivity index (χ4v) is 6.64. The third kappa shape index (κ3) is 14.6. The maximum atomic E-state index is 14.1. The first-order chi connectivity index (χ1) is 24.3. The van der Waals surface area contributed by atoms with Crippen molar-refractivity contribution in [2.24, 2.45) is 29.2 Å². The van der Waals surface area contributed by atoms with Gasteiger partial charge in [-0.1, -0.05) is 88.4 Å². The highest BCUT2D eigenvalue weighted by atomic mass is 16.2. The summed E-state index contributed by atoms with van der Waals surface area (Å²) in [6.07, 6.45) is 3.02. The molecule has 0 aliphatic carbocycles. The second kappa shape index (κ2) is 21.3. The van der Waals surface area contributed by atoms with Crippen LogP contribution >= 0.6 is 0 Å². The fraction of sp³-hybridized carbons (Fsp3) is 0.575. The van der Waals surface area contributed by atoms with Gasteiger partial charge in [0.25, 0.3) is 0 Å². The van der Waals surface area contributed by atoms with Crippen LogP contribution < -0.4 is 22.1 Å². The molecule has 51 heavy (non-hydrogen) atoms. The molecule has 4 atom stereocenters. The maximum Gasteiger partial charge on any atom is 0.226 e. The third-order valence-corrected chi connectivity index (χ3v) is 9.49. The highest BCUT2D eigenvalue weighted by Crippen LogP contribution is 2.22. The molecular weight excluding hydrogens is 642 g/mol. The van der Waals surface area contributed by atoms with Gasteiger partial charge in [0.2, 0.25) is 11.8 Å². The van der Waals surface area contributed by atoms with Gasteiger partial charge in [-0.2, -0.15) is 0 Å². The number of guanidine groups is 1. The largest absolute Gasteiger partial charge is 0.370 e. The molecule has 0 spiro atoms. The lowest BCUT2D eigenvalue weighted by Gasteiger charge is -2.28. The second-order valence-corrected chi connectivity index (χ2v) is 14.7. The van der Waals surface area contributed by atoms with Gasteiger partial charge in [-0.15, -0.1) is 0 Å². The summed E-state index contributed by atoms with van der Waals surface area (Å²) in [4.78, 5) is 59.2. The standard InChI is InChI=1S/C40H61N7O4/c1-28(2)23-35(37(49)26-32(17-11-18-44-29(3)4)39(51)46-19-12-20-47(22-21-46)40(42)43)45-38(50)33(24-30-13-7-5-8-14-30)27-36(48)34(41)25-31-15-9-6-10-16-31/h5-10,13-16,28-29,32-35,44H,11-12,17-27,41H2,1-4H3,(H3,42,43)(H,45,50)/t32-,33-,34+,35+/m0/s1. The minimum Gasteiger partial charge on any atom is -0.370 e. The van der Waals surface area contributed by atoms with E-state index in [1.165, 1.54) is 0 Å². The molecule has 0 unspecified atom stereocenters. The zero-order chi connectivity index (χ0) is 37.3. The van der Waals surface area contributed by atoms with Crippen molar-refractivity contribution in [1.82, 2.24) is 20.4 Å². The Balaban J connectivity index is 1.78. The van der Waals surface area contributed by atoms with Crippen LogP contribution in [0.3, 0.4) is 0 Å². The van der Waals surface area contributed by atoms with Crippen molar-refractivity contribution in [1.29, 1.82) is 5.41 Å². The molecule has 7 N–H and O–H groups in total. The summed E-state index contributed by atoms with van der Waals surface area (Å²) in [6, 6.07) is 17.9. The Morgan fingerprint density at radius 3 is 1.94 bits per heavy atom. The Hall–Kier alpha value is -4.09. The van der Waals surface area contributed by atoms with Crippen LogP contribution in [0.4, 0.5) is 0 Å². The molecule has 0 saturated carbocycles. The molecule has 2 aromatic carbocycles. The Morgan fingerprint density at radius 1 is 0.784 bits per heavy atom. The number of hydrogen-bond donors (Lipinski definition) is 5. The van der Waals surface area contributed by atoms with E-state index in [0.29, 0.717) is 64.3 Å². The Morgan fingerprint density at radius 2 is 1.35 bits per heavy atom. The van der Waals surface area contributed by atoms with Crippen LogP contribution in [0.2, 0.25) is 0 Å². The van der Waals surface area contributed by atoms with Gasteiger partial charge in [-0.05, 0) is 62.1 Å². The quantitative estimate of drug-likeness (QED) is 0.0789. The van der Waals surface area contributed by atoms with E-state index in [1.54, 1.807) is 9.80 Å². The zero-order valence-electron chi connectivity index (χ0n) is 31.1. The minimum atomic E-state index is -0.801. The number of amides is 2. The van der Waals surface area contributed by atoms with Crippen LogP contribution in [0.1, 0.15) is 77.3 Å². The summed E-state index contributed by atoms with van der Waals surface area (Å²) in [5, 5.41) is 14.3. The van der Waals surface area contributed by atoms with Gasteiger partial charge in [0.15, 0.2) is 17.5 Å². The van der Waals surface area contributed by atoms with E-state index in [9.17, 15) is 19.2 Å². The predicted molar refractivity (Wildman–Crippen MR) is 203 cm³/mol. The smallest absolute Gasteiger partial charge is 0.226 e. The Labute approximate surface area is 304 Å². The summed E-state index contributed by atoms with van der Waals surface area (Å²) < 4.78 is 0. The molecule has 1 aliphatic rings. The van der Waals surface area contributed by atoms with Crippen molar-refractivity contribution in [3.05, 3.63) is 71.8 Å². The van der Waals surface area contributed by atoms with Crippen molar-refractivity contribution in [2.75, 3.05) is 32.7 Å². The topological polar surface area (TPSA) is 175 Å². The molecule has 11 heteroatoms. The monoisotopic (exact) mass is 703 g/mol. The third-order valence-electron chi connectivity index (χ3n) is 9.49. The number of nitrogens with zero attached hydrogens (tertiary/aromatic N) is 2. The molecule has 11 nitrogen and oxygen atoms in total. The lowest BCUT2D eigenvalue weighted by Crippen LogP contribution is -2.47. The molecular formula is C40H61N7O4. The first-order valence-corrected chi connectivity index (χ1v) is 18.6. The molecule has 0 radical (unpaired) electrons. The first-order valence-electron chi connectivity index (χ1n) is 18.6. The van der Waals surface area contributed by atoms with Crippen LogP contribution in [0.25, 0.3) is 0 Å². The summed E-state index contributed by atoms with van der Waals surface area (Å²) in [6.45, 7) is 10.9. The van der Waals surface area contributed by atoms with Gasteiger partial charge in [0.1, 0.15) is 0 Å². The van der Waals surface area contributed by atoms with E-state index in [4.69, 9.17) is 16.9 Å². The summed E-state index contributed by atoms with van der Waals surface area (Å²) in [7, 11) is 0. The first kappa shape index (κ1) is 41.3. The number of rotatable bonds is 20. The van der Waals surface area contributed by atoms with Crippen molar-refractivity contribution >= 4 is 29.3 Å². The molecule has 1 saturated heterocycles. The molecule has 3 rings (SSSR count). The Bertz CT molecular complexity index is 1400. The molecule has 280 valence electrons. The van der Waals surface area contributed by atoms with E-state index in [-0.39, 0.29) is 48.1 Å². The molecule has 2 amide bonds. The number of carbonyl (C=O) groups excluding carboxylic acids is 4. The summed E-state index contributed by atoms with van der Waals surface area (Å²) in [5.74, 6) is -1.99. The maximum absolute atomic E-state index is 14.1. The zero-order valence-corrected chi connectivity index (χ0v) is 31.1. The van der Waals surface area contributed by atoms with Crippen LogP contribution in [-0.2, 0) is 32.0 Å². The van der Waals surface area contributed by atoms with Crippen molar-refractivity contribution in [3.63, 3.8) is 0 Å². The number of ketones is 2. The number of Topliss-reactive ketones (excluding diaryl/α,β-unsaturated/α-hetero) is 2. The van der Waals surface area contributed by atoms with Gasteiger partial charge in [-0.3, -0.25) is 24.6 Å². The van der Waals surface area contributed by atoms with Gasteiger partial charge in [0, 0.05) is 56.9 Å². The van der Waals surface area contributed by atoms with Crippen molar-refractivity contribution in [2.45, 2.75) is 97.2 Å². The van der Waals surface area contributed by atoms with Crippen molar-refractivity contribution in [3.8, 4) is 0 Å². The number of nitrogens with one attached hydrogen (secondary N) is 3. The second-order valence-electron chi connectivity index (χ2n) is 14.7. The lowest BCUT2D eigenvalue weighted by atomic mass is 9.87. The van der Waals surface area contributed by atoms with Crippen LogP contribution in [0, 0.1) is 23.2 Å². The predicted octanol–water partition coefficient (Wildman–Crippen LogP) is 3.69. The van der Waals surface area contributed by atoms with E-state index in [1.807, 2.05) is 74.5 Å². The van der Waals surface area contributed by atoms with E-state index in [2.05, 4.69) is 24.5 Å². The summed E-state index contributed by atoms with van der Waals surface area (Å²) in [5.41, 5.74) is 13.9. The lowest BCUT2D eigenvalue weighted by molar-refractivity contribution is -0.139. The van der Waals surface area contributed by atoms with E-state index < -0.39 is 23.9 Å². The average Bonchev–Trinajstić information content (AvgIpc) is 3.36. The molecule has 0 aromatic heterocycles. The van der Waals surface area contributed by atoms with Gasteiger partial charge >= 0.3 is 0 Å². The Kier molecular flexibility index (Phi) is 17.3. The van der Waals surface area contributed by atoms with Gasteiger partial charge in [0.05, 0.1) is 12.1 Å².